The molecule has 1 amide bonds. The number of carbonyl (C=O) groups excluding carboxylic acids is 1. The second-order valence-corrected chi connectivity index (χ2v) is 4.92. The summed E-state index contributed by atoms with van der Waals surface area (Å²) >= 11 is 0. The van der Waals surface area contributed by atoms with Crippen molar-refractivity contribution in [2.75, 3.05) is 6.54 Å². The quantitative estimate of drug-likeness (QED) is 0.681. The van der Waals surface area contributed by atoms with Crippen LogP contribution in [0.5, 0.6) is 0 Å². The van der Waals surface area contributed by atoms with E-state index in [0.717, 1.165) is 25.7 Å². The van der Waals surface area contributed by atoms with Crippen LogP contribution in [-0.2, 0) is 4.79 Å². The van der Waals surface area contributed by atoms with E-state index in [1.165, 1.54) is 0 Å². The lowest BCUT2D eigenvalue weighted by atomic mass is 9.84. The van der Waals surface area contributed by atoms with Crippen LogP contribution < -0.4 is 11.1 Å². The Kier molecular flexibility index (Phi) is 3.41. The van der Waals surface area contributed by atoms with Gasteiger partial charge in [-0.05, 0) is 26.7 Å². The first-order valence-electron chi connectivity index (χ1n) is 5.46. The largest absolute Gasteiger partial charge is 0.340 e. The number of nitrogens with one attached hydrogen (secondary N) is 1. The SMILES string of the molecule is C#CC(C)(C)NC(=O)C1(CN)CCCC1. The van der Waals surface area contributed by atoms with Crippen molar-refractivity contribution in [2.24, 2.45) is 11.1 Å². The Hall–Kier alpha value is -1.01. The molecule has 0 unspecified atom stereocenters. The molecule has 1 aliphatic carbocycles. The van der Waals surface area contributed by atoms with E-state index in [4.69, 9.17) is 12.2 Å². The molecule has 1 rings (SSSR count). The number of terminal acetylenes is 1. The summed E-state index contributed by atoms with van der Waals surface area (Å²) in [5.74, 6) is 2.58. The summed E-state index contributed by atoms with van der Waals surface area (Å²) in [6.07, 6.45) is 9.28. The molecule has 1 aliphatic rings. The fourth-order valence-electron chi connectivity index (χ4n) is 2.03. The van der Waals surface area contributed by atoms with Crippen molar-refractivity contribution >= 4 is 5.91 Å². The molecule has 0 aromatic carbocycles. The van der Waals surface area contributed by atoms with Gasteiger partial charge in [-0.3, -0.25) is 4.79 Å². The molecule has 0 aromatic heterocycles. The molecule has 0 bridgehead atoms. The van der Waals surface area contributed by atoms with Crippen LogP contribution in [0.15, 0.2) is 0 Å². The number of hydrogen-bond acceptors (Lipinski definition) is 2. The van der Waals surface area contributed by atoms with Crippen LogP contribution in [0.4, 0.5) is 0 Å². The van der Waals surface area contributed by atoms with Gasteiger partial charge in [0.1, 0.15) is 0 Å². The van der Waals surface area contributed by atoms with Gasteiger partial charge < -0.3 is 11.1 Å². The van der Waals surface area contributed by atoms with E-state index in [-0.39, 0.29) is 11.3 Å². The second-order valence-electron chi connectivity index (χ2n) is 4.92. The number of rotatable bonds is 3. The van der Waals surface area contributed by atoms with Crippen molar-refractivity contribution in [1.29, 1.82) is 0 Å². The number of nitrogens with two attached hydrogens (primary N) is 1. The van der Waals surface area contributed by atoms with E-state index < -0.39 is 5.54 Å². The monoisotopic (exact) mass is 208 g/mol. The van der Waals surface area contributed by atoms with Crippen molar-refractivity contribution in [3.8, 4) is 12.3 Å². The summed E-state index contributed by atoms with van der Waals surface area (Å²) < 4.78 is 0. The molecule has 84 valence electrons. The van der Waals surface area contributed by atoms with E-state index in [1.807, 2.05) is 13.8 Å². The minimum absolute atomic E-state index is 0.0189. The Morgan fingerprint density at radius 1 is 1.53 bits per heavy atom. The summed E-state index contributed by atoms with van der Waals surface area (Å²) in [4.78, 5) is 12.1. The third-order valence-corrected chi connectivity index (χ3v) is 3.22. The van der Waals surface area contributed by atoms with Gasteiger partial charge in [-0.1, -0.05) is 18.8 Å². The highest BCUT2D eigenvalue weighted by Gasteiger charge is 2.41. The standard InChI is InChI=1S/C12H20N2O/c1-4-11(2,3)14-10(15)12(9-13)7-5-6-8-12/h1H,5-9,13H2,2-3H3,(H,14,15). The maximum absolute atomic E-state index is 12.1. The number of amides is 1. The van der Waals surface area contributed by atoms with E-state index in [2.05, 4.69) is 11.2 Å². The number of hydrogen-bond donors (Lipinski definition) is 2. The smallest absolute Gasteiger partial charge is 0.228 e. The van der Waals surface area contributed by atoms with Crippen LogP contribution in [0.2, 0.25) is 0 Å². The summed E-state index contributed by atoms with van der Waals surface area (Å²) in [6.45, 7) is 4.06. The van der Waals surface area contributed by atoms with Gasteiger partial charge in [-0.25, -0.2) is 0 Å². The summed E-state index contributed by atoms with van der Waals surface area (Å²) in [7, 11) is 0. The van der Waals surface area contributed by atoms with E-state index >= 15 is 0 Å². The molecule has 0 saturated heterocycles. The Morgan fingerprint density at radius 2 is 2.07 bits per heavy atom. The summed E-state index contributed by atoms with van der Waals surface area (Å²) in [6, 6.07) is 0. The Morgan fingerprint density at radius 3 is 2.47 bits per heavy atom. The third kappa shape index (κ3) is 2.51. The lowest BCUT2D eigenvalue weighted by Gasteiger charge is -2.30. The molecule has 3 nitrogen and oxygen atoms in total. The highest BCUT2D eigenvalue weighted by Crippen LogP contribution is 2.37. The Labute approximate surface area is 91.8 Å². The maximum atomic E-state index is 12.1. The summed E-state index contributed by atoms with van der Waals surface area (Å²) in [5.41, 5.74) is 4.77. The van der Waals surface area contributed by atoms with Crippen molar-refractivity contribution in [3.63, 3.8) is 0 Å². The van der Waals surface area contributed by atoms with Gasteiger partial charge in [-0.2, -0.15) is 0 Å². The Bertz CT molecular complexity index is 282. The van der Waals surface area contributed by atoms with Gasteiger partial charge >= 0.3 is 0 Å². The van der Waals surface area contributed by atoms with Gasteiger partial charge in [0.2, 0.25) is 5.91 Å². The predicted molar refractivity (Wildman–Crippen MR) is 61.0 cm³/mol. The second kappa shape index (κ2) is 4.24. The lowest BCUT2D eigenvalue weighted by molar-refractivity contribution is -0.131. The van der Waals surface area contributed by atoms with Crippen molar-refractivity contribution in [2.45, 2.75) is 45.1 Å². The molecule has 0 heterocycles. The molecule has 1 saturated carbocycles. The molecule has 0 aromatic rings. The van der Waals surface area contributed by atoms with Crippen LogP contribution in [0, 0.1) is 17.8 Å². The Balaban J connectivity index is 2.71. The van der Waals surface area contributed by atoms with Crippen molar-refractivity contribution < 1.29 is 4.79 Å². The first-order valence-corrected chi connectivity index (χ1v) is 5.46. The van der Waals surface area contributed by atoms with Crippen molar-refractivity contribution in [3.05, 3.63) is 0 Å². The van der Waals surface area contributed by atoms with Crippen LogP contribution in [-0.4, -0.2) is 18.0 Å². The highest BCUT2D eigenvalue weighted by molar-refractivity contribution is 5.84. The van der Waals surface area contributed by atoms with E-state index in [9.17, 15) is 4.79 Å². The topological polar surface area (TPSA) is 55.1 Å². The maximum Gasteiger partial charge on any atom is 0.228 e. The molecular formula is C12H20N2O. The highest BCUT2D eigenvalue weighted by atomic mass is 16.2. The van der Waals surface area contributed by atoms with Gasteiger partial charge in [0.05, 0.1) is 11.0 Å². The minimum atomic E-state index is -0.582. The molecule has 3 N–H and O–H groups in total. The van der Waals surface area contributed by atoms with Gasteiger partial charge in [-0.15, -0.1) is 6.42 Å². The molecule has 0 atom stereocenters. The zero-order valence-electron chi connectivity index (χ0n) is 9.60. The fraction of sp³-hybridized carbons (Fsp3) is 0.750. The zero-order valence-corrected chi connectivity index (χ0v) is 9.60. The zero-order chi connectivity index (χ0) is 11.5. The van der Waals surface area contributed by atoms with Gasteiger partial charge in [0.25, 0.3) is 0 Å². The van der Waals surface area contributed by atoms with E-state index in [0.29, 0.717) is 6.54 Å². The van der Waals surface area contributed by atoms with E-state index in [1.54, 1.807) is 0 Å². The fourth-order valence-corrected chi connectivity index (χ4v) is 2.03. The average Bonchev–Trinajstić information content (AvgIpc) is 2.66. The lowest BCUT2D eigenvalue weighted by Crippen LogP contribution is -2.51. The molecule has 1 fully saturated rings. The van der Waals surface area contributed by atoms with Crippen LogP contribution in [0.25, 0.3) is 0 Å². The van der Waals surface area contributed by atoms with Gasteiger partial charge in [0.15, 0.2) is 0 Å². The third-order valence-electron chi connectivity index (χ3n) is 3.22. The molecule has 15 heavy (non-hydrogen) atoms. The number of carbonyl (C=O) groups is 1. The molecular weight excluding hydrogens is 188 g/mol. The van der Waals surface area contributed by atoms with Crippen LogP contribution in [0.3, 0.4) is 0 Å². The van der Waals surface area contributed by atoms with Crippen LogP contribution >= 0.6 is 0 Å². The average molecular weight is 208 g/mol. The molecule has 0 spiro atoms. The van der Waals surface area contributed by atoms with Crippen LogP contribution in [0.1, 0.15) is 39.5 Å². The van der Waals surface area contributed by atoms with Crippen molar-refractivity contribution in [1.82, 2.24) is 5.32 Å². The normalized spacial score (nSPS) is 19.6. The molecule has 3 heteroatoms. The molecule has 0 aliphatic heterocycles. The molecule has 0 radical (unpaired) electrons. The summed E-state index contributed by atoms with van der Waals surface area (Å²) in [5, 5.41) is 2.88. The predicted octanol–water partition coefficient (Wildman–Crippen LogP) is 1.03. The first-order chi connectivity index (χ1) is 6.96. The first kappa shape index (κ1) is 12.1. The minimum Gasteiger partial charge on any atom is -0.340 e. The van der Waals surface area contributed by atoms with Gasteiger partial charge in [0, 0.05) is 6.54 Å².